The molecule has 0 heterocycles. The number of nitrogens with two attached hydrogens (primary N) is 1. The summed E-state index contributed by atoms with van der Waals surface area (Å²) in [6.07, 6.45) is -5.65. The van der Waals surface area contributed by atoms with Crippen molar-refractivity contribution in [2.24, 2.45) is 5.84 Å². The summed E-state index contributed by atoms with van der Waals surface area (Å²) in [4.78, 5) is 11.4. The van der Waals surface area contributed by atoms with Gasteiger partial charge in [0.25, 0.3) is 5.91 Å². The molecule has 4 nitrogen and oxygen atoms in total. The molecule has 0 aliphatic carbocycles. The topological polar surface area (TPSA) is 67.1 Å². The van der Waals surface area contributed by atoms with Gasteiger partial charge in [0, 0.05) is 12.1 Å². The Bertz CT molecular complexity index is 452. The molecule has 0 aliphatic rings. The van der Waals surface area contributed by atoms with Crippen LogP contribution in [0.2, 0.25) is 0 Å². The molecule has 19 heavy (non-hydrogen) atoms. The first-order valence-electron chi connectivity index (χ1n) is 5.05. The van der Waals surface area contributed by atoms with Gasteiger partial charge in [0.05, 0.1) is 6.42 Å². The molecule has 0 atom stereocenters. The fraction of sp³-hybridized carbons (Fsp3) is 0.300. The molecule has 0 unspecified atom stereocenters. The van der Waals surface area contributed by atoms with E-state index < -0.39 is 47.9 Å². The first-order chi connectivity index (χ1) is 8.74. The van der Waals surface area contributed by atoms with E-state index in [9.17, 15) is 26.7 Å². The van der Waals surface area contributed by atoms with Crippen molar-refractivity contribution >= 4 is 11.6 Å². The van der Waals surface area contributed by atoms with Crippen LogP contribution in [-0.4, -0.2) is 18.6 Å². The van der Waals surface area contributed by atoms with Gasteiger partial charge in [-0.15, -0.1) is 0 Å². The number of anilines is 1. The van der Waals surface area contributed by atoms with Crippen molar-refractivity contribution in [3.63, 3.8) is 0 Å². The molecule has 0 bridgehead atoms. The van der Waals surface area contributed by atoms with Crippen molar-refractivity contribution in [2.75, 3.05) is 12.0 Å². The standard InChI is InChI=1S/C10H10F5N3O/c11-6-3-5(4-7(12)8(6)18-16)9(19)17-2-1-10(13,14)15/h3-4,18H,1-2,16H2,(H,17,19). The Labute approximate surface area is 104 Å². The Balaban J connectivity index is 2.73. The highest BCUT2D eigenvalue weighted by Gasteiger charge is 2.26. The minimum absolute atomic E-state index is 0.434. The molecule has 1 aromatic rings. The largest absolute Gasteiger partial charge is 0.390 e. The van der Waals surface area contributed by atoms with Crippen LogP contribution in [0.1, 0.15) is 16.8 Å². The molecule has 0 spiro atoms. The van der Waals surface area contributed by atoms with Crippen molar-refractivity contribution in [3.05, 3.63) is 29.3 Å². The average molecular weight is 283 g/mol. The number of hydrogen-bond donors (Lipinski definition) is 3. The second-order valence-corrected chi connectivity index (χ2v) is 3.58. The lowest BCUT2D eigenvalue weighted by atomic mass is 10.1. The van der Waals surface area contributed by atoms with E-state index in [1.54, 1.807) is 5.43 Å². The molecule has 0 saturated carbocycles. The summed E-state index contributed by atoms with van der Waals surface area (Å²) >= 11 is 0. The first-order valence-corrected chi connectivity index (χ1v) is 5.05. The van der Waals surface area contributed by atoms with Gasteiger partial charge in [-0.1, -0.05) is 0 Å². The number of hydrogen-bond acceptors (Lipinski definition) is 3. The maximum atomic E-state index is 13.2. The lowest BCUT2D eigenvalue weighted by molar-refractivity contribution is -0.132. The third-order valence-corrected chi connectivity index (χ3v) is 2.14. The second kappa shape index (κ2) is 5.83. The molecule has 106 valence electrons. The van der Waals surface area contributed by atoms with E-state index in [0.717, 1.165) is 0 Å². The number of nitrogen functional groups attached to an aromatic ring is 1. The number of hydrazine groups is 1. The molecule has 1 amide bonds. The van der Waals surface area contributed by atoms with Gasteiger partial charge in [-0.05, 0) is 12.1 Å². The SMILES string of the molecule is NNc1c(F)cc(C(=O)NCCC(F)(F)F)cc1F. The summed E-state index contributed by atoms with van der Waals surface area (Å²) < 4.78 is 62.0. The van der Waals surface area contributed by atoms with Crippen molar-refractivity contribution in [2.45, 2.75) is 12.6 Å². The molecule has 0 fully saturated rings. The van der Waals surface area contributed by atoms with Crippen LogP contribution >= 0.6 is 0 Å². The number of amides is 1. The highest BCUT2D eigenvalue weighted by atomic mass is 19.4. The van der Waals surface area contributed by atoms with Crippen molar-refractivity contribution in [1.82, 2.24) is 5.32 Å². The van der Waals surface area contributed by atoms with Gasteiger partial charge in [0.1, 0.15) is 5.69 Å². The van der Waals surface area contributed by atoms with Gasteiger partial charge in [-0.2, -0.15) is 13.2 Å². The third kappa shape index (κ3) is 4.36. The van der Waals surface area contributed by atoms with Crippen LogP contribution in [0.25, 0.3) is 0 Å². The zero-order valence-electron chi connectivity index (χ0n) is 9.44. The fourth-order valence-corrected chi connectivity index (χ4v) is 1.26. The lowest BCUT2D eigenvalue weighted by Crippen LogP contribution is -2.28. The highest BCUT2D eigenvalue weighted by Crippen LogP contribution is 2.20. The first kappa shape index (κ1) is 15.2. The zero-order chi connectivity index (χ0) is 14.6. The van der Waals surface area contributed by atoms with Crippen LogP contribution in [0.4, 0.5) is 27.6 Å². The number of carbonyl (C=O) groups is 1. The molecule has 1 aromatic carbocycles. The Hall–Kier alpha value is -1.90. The van der Waals surface area contributed by atoms with E-state index in [0.29, 0.717) is 12.1 Å². The summed E-state index contributed by atoms with van der Waals surface area (Å²) in [6, 6.07) is 1.34. The van der Waals surface area contributed by atoms with Crippen LogP contribution in [0, 0.1) is 11.6 Å². The zero-order valence-corrected chi connectivity index (χ0v) is 9.44. The van der Waals surface area contributed by atoms with Gasteiger partial charge in [0.15, 0.2) is 11.6 Å². The predicted molar refractivity (Wildman–Crippen MR) is 57.2 cm³/mol. The Morgan fingerprint density at radius 3 is 2.16 bits per heavy atom. The van der Waals surface area contributed by atoms with E-state index in [-0.39, 0.29) is 0 Å². The number of alkyl halides is 3. The van der Waals surface area contributed by atoms with Crippen LogP contribution < -0.4 is 16.6 Å². The number of nitrogens with one attached hydrogen (secondary N) is 2. The smallest absolute Gasteiger partial charge is 0.352 e. The minimum atomic E-state index is -4.42. The Kier molecular flexibility index (Phi) is 4.65. The van der Waals surface area contributed by atoms with Crippen molar-refractivity contribution < 1.29 is 26.7 Å². The van der Waals surface area contributed by atoms with Crippen LogP contribution in [-0.2, 0) is 0 Å². The van der Waals surface area contributed by atoms with Crippen LogP contribution in [0.5, 0.6) is 0 Å². The summed E-state index contributed by atoms with van der Waals surface area (Å²) in [7, 11) is 0. The summed E-state index contributed by atoms with van der Waals surface area (Å²) in [5, 5.41) is 1.90. The van der Waals surface area contributed by atoms with E-state index in [1.807, 2.05) is 5.32 Å². The Morgan fingerprint density at radius 2 is 1.74 bits per heavy atom. The quantitative estimate of drug-likeness (QED) is 0.449. The molecular formula is C10H10F5N3O. The van der Waals surface area contributed by atoms with Gasteiger partial charge < -0.3 is 10.7 Å². The van der Waals surface area contributed by atoms with E-state index in [2.05, 4.69) is 0 Å². The Morgan fingerprint density at radius 1 is 1.21 bits per heavy atom. The number of carbonyl (C=O) groups excluding carboxylic acids is 1. The van der Waals surface area contributed by atoms with Gasteiger partial charge in [0.2, 0.25) is 0 Å². The van der Waals surface area contributed by atoms with Crippen LogP contribution in [0.15, 0.2) is 12.1 Å². The fourth-order valence-electron chi connectivity index (χ4n) is 1.26. The van der Waals surface area contributed by atoms with E-state index in [1.165, 1.54) is 0 Å². The minimum Gasteiger partial charge on any atom is -0.352 e. The highest BCUT2D eigenvalue weighted by molar-refractivity contribution is 5.94. The molecule has 1 rings (SSSR count). The van der Waals surface area contributed by atoms with Gasteiger partial charge in [-0.25, -0.2) is 8.78 Å². The third-order valence-electron chi connectivity index (χ3n) is 2.14. The maximum Gasteiger partial charge on any atom is 0.390 e. The summed E-state index contributed by atoms with van der Waals surface area (Å²) in [5.41, 5.74) is 0.696. The van der Waals surface area contributed by atoms with Crippen LogP contribution in [0.3, 0.4) is 0 Å². The monoisotopic (exact) mass is 283 g/mol. The number of rotatable bonds is 4. The van der Waals surface area contributed by atoms with Gasteiger partial charge >= 0.3 is 6.18 Å². The molecular weight excluding hydrogens is 273 g/mol. The molecule has 0 aliphatic heterocycles. The molecule has 0 saturated heterocycles. The molecule has 4 N–H and O–H groups in total. The summed E-state index contributed by atoms with van der Waals surface area (Å²) in [6.45, 7) is -0.678. The second-order valence-electron chi connectivity index (χ2n) is 3.58. The van der Waals surface area contributed by atoms with E-state index in [4.69, 9.17) is 5.84 Å². The van der Waals surface area contributed by atoms with Crippen molar-refractivity contribution in [1.29, 1.82) is 0 Å². The van der Waals surface area contributed by atoms with E-state index >= 15 is 0 Å². The number of halogens is 5. The normalized spacial score (nSPS) is 11.3. The lowest BCUT2D eigenvalue weighted by Gasteiger charge is -2.09. The van der Waals surface area contributed by atoms with Gasteiger partial charge in [-0.3, -0.25) is 10.6 Å². The maximum absolute atomic E-state index is 13.2. The molecule has 9 heteroatoms. The molecule has 0 radical (unpaired) electrons. The number of benzene rings is 1. The summed E-state index contributed by atoms with van der Waals surface area (Å²) in [5.74, 6) is 1.60. The average Bonchev–Trinajstić information content (AvgIpc) is 2.26. The predicted octanol–water partition coefficient (Wildman–Crippen LogP) is 1.93. The van der Waals surface area contributed by atoms with Crippen molar-refractivity contribution in [3.8, 4) is 0 Å². The molecule has 0 aromatic heterocycles.